The Balaban J connectivity index is 1.57. The number of nitrogens with zero attached hydrogens (tertiary/aromatic N) is 3. The Bertz CT molecular complexity index is 845. The van der Waals surface area contributed by atoms with Gasteiger partial charge in [-0.2, -0.15) is 4.98 Å². The number of benzene rings is 1. The topological polar surface area (TPSA) is 62.7 Å². The van der Waals surface area contributed by atoms with E-state index >= 15 is 0 Å². The van der Waals surface area contributed by atoms with Gasteiger partial charge in [-0.05, 0) is 24.5 Å². The van der Waals surface area contributed by atoms with Crippen LogP contribution in [-0.2, 0) is 6.54 Å². The van der Waals surface area contributed by atoms with Gasteiger partial charge in [0, 0.05) is 36.6 Å². The molecule has 1 fully saturated rings. The van der Waals surface area contributed by atoms with Crippen LogP contribution in [0.2, 0.25) is 0 Å². The van der Waals surface area contributed by atoms with Crippen molar-refractivity contribution in [2.24, 2.45) is 0 Å². The molecule has 1 saturated carbocycles. The molecule has 0 bridgehead atoms. The van der Waals surface area contributed by atoms with Gasteiger partial charge >= 0.3 is 0 Å². The van der Waals surface area contributed by atoms with Gasteiger partial charge in [0.25, 0.3) is 0 Å². The van der Waals surface area contributed by atoms with Gasteiger partial charge < -0.3 is 10.6 Å². The molecule has 1 aliphatic carbocycles. The second kappa shape index (κ2) is 8.62. The first kappa shape index (κ1) is 17.5. The van der Waals surface area contributed by atoms with Crippen LogP contribution >= 0.6 is 0 Å². The summed E-state index contributed by atoms with van der Waals surface area (Å²) >= 11 is 0. The summed E-state index contributed by atoms with van der Waals surface area (Å²) in [6.45, 7) is 0.682. The third-order valence-corrected chi connectivity index (χ3v) is 4.93. The highest BCUT2D eigenvalue weighted by atomic mass is 15.2. The highest BCUT2D eigenvalue weighted by Crippen LogP contribution is 2.24. The van der Waals surface area contributed by atoms with E-state index in [-0.39, 0.29) is 0 Å². The SMILES string of the molecule is c1ccc(-c2cc(NCc3cccnc3)nc(NC3CCCCC3)n2)cc1. The molecule has 3 aromatic rings. The van der Waals surface area contributed by atoms with Gasteiger partial charge in [0.2, 0.25) is 5.95 Å². The number of aromatic nitrogens is 3. The number of hydrogen-bond donors (Lipinski definition) is 2. The normalized spacial score (nSPS) is 14.7. The van der Waals surface area contributed by atoms with Crippen LogP contribution in [0.4, 0.5) is 11.8 Å². The van der Waals surface area contributed by atoms with Crippen molar-refractivity contribution >= 4 is 11.8 Å². The molecule has 2 N–H and O–H groups in total. The molecule has 0 atom stereocenters. The minimum atomic E-state index is 0.468. The molecule has 1 aromatic carbocycles. The zero-order chi connectivity index (χ0) is 18.3. The maximum Gasteiger partial charge on any atom is 0.225 e. The Labute approximate surface area is 160 Å². The minimum absolute atomic E-state index is 0.468. The van der Waals surface area contributed by atoms with Crippen LogP contribution in [0, 0.1) is 0 Å². The van der Waals surface area contributed by atoms with E-state index in [0.717, 1.165) is 22.6 Å². The summed E-state index contributed by atoms with van der Waals surface area (Å²) in [5.41, 5.74) is 3.15. The zero-order valence-electron chi connectivity index (χ0n) is 15.4. The molecule has 5 heteroatoms. The Hall–Kier alpha value is -2.95. The van der Waals surface area contributed by atoms with Crippen molar-refractivity contribution in [3.63, 3.8) is 0 Å². The van der Waals surface area contributed by atoms with Crippen molar-refractivity contribution in [2.75, 3.05) is 10.6 Å². The number of hydrogen-bond acceptors (Lipinski definition) is 5. The molecule has 5 nitrogen and oxygen atoms in total. The van der Waals surface area contributed by atoms with E-state index in [1.54, 1.807) is 6.20 Å². The van der Waals surface area contributed by atoms with Crippen LogP contribution in [0.5, 0.6) is 0 Å². The van der Waals surface area contributed by atoms with Crippen LogP contribution < -0.4 is 10.6 Å². The van der Waals surface area contributed by atoms with E-state index in [2.05, 4.69) is 33.8 Å². The highest BCUT2D eigenvalue weighted by molar-refractivity contribution is 5.64. The Morgan fingerprint density at radius 2 is 1.78 bits per heavy atom. The number of nitrogens with one attached hydrogen (secondary N) is 2. The molecule has 138 valence electrons. The van der Waals surface area contributed by atoms with Crippen molar-refractivity contribution in [3.05, 3.63) is 66.5 Å². The molecule has 27 heavy (non-hydrogen) atoms. The van der Waals surface area contributed by atoms with Crippen LogP contribution in [0.25, 0.3) is 11.3 Å². The molecule has 0 saturated heterocycles. The van der Waals surface area contributed by atoms with Crippen molar-refractivity contribution in [1.82, 2.24) is 15.0 Å². The summed E-state index contributed by atoms with van der Waals surface area (Å²) in [5.74, 6) is 1.53. The zero-order valence-corrected chi connectivity index (χ0v) is 15.4. The lowest BCUT2D eigenvalue weighted by molar-refractivity contribution is 0.461. The van der Waals surface area contributed by atoms with E-state index in [4.69, 9.17) is 9.97 Å². The molecular weight excluding hydrogens is 334 g/mol. The van der Waals surface area contributed by atoms with Gasteiger partial charge in [0.1, 0.15) is 5.82 Å². The van der Waals surface area contributed by atoms with Gasteiger partial charge in [-0.25, -0.2) is 4.98 Å². The monoisotopic (exact) mass is 359 g/mol. The highest BCUT2D eigenvalue weighted by Gasteiger charge is 2.15. The van der Waals surface area contributed by atoms with Crippen molar-refractivity contribution in [3.8, 4) is 11.3 Å². The standard InChI is InChI=1S/C22H25N5/c1-3-9-18(10-4-1)20-14-21(24-16-17-8-7-13-23-15-17)27-22(26-20)25-19-11-5-2-6-12-19/h1,3-4,7-10,13-15,19H,2,5-6,11-12,16H2,(H2,24,25,26,27). The average molecular weight is 359 g/mol. The smallest absolute Gasteiger partial charge is 0.225 e. The van der Waals surface area contributed by atoms with Gasteiger partial charge in [0.15, 0.2) is 0 Å². The molecule has 1 aliphatic rings. The predicted octanol–water partition coefficient (Wildman–Crippen LogP) is 4.90. The fraction of sp³-hybridized carbons (Fsp3) is 0.318. The van der Waals surface area contributed by atoms with Crippen molar-refractivity contribution < 1.29 is 0 Å². The molecule has 0 amide bonds. The lowest BCUT2D eigenvalue weighted by Crippen LogP contribution is -2.23. The van der Waals surface area contributed by atoms with E-state index in [1.807, 2.05) is 36.5 Å². The molecular formula is C22H25N5. The summed E-state index contributed by atoms with van der Waals surface area (Å²) in [7, 11) is 0. The van der Waals surface area contributed by atoms with Gasteiger partial charge in [0.05, 0.1) is 5.69 Å². The van der Waals surface area contributed by atoms with Crippen LogP contribution in [0.3, 0.4) is 0 Å². The lowest BCUT2D eigenvalue weighted by Gasteiger charge is -2.23. The van der Waals surface area contributed by atoms with Gasteiger partial charge in [-0.15, -0.1) is 0 Å². The third-order valence-electron chi connectivity index (χ3n) is 4.93. The Morgan fingerprint density at radius 3 is 2.56 bits per heavy atom. The Kier molecular flexibility index (Phi) is 5.58. The van der Waals surface area contributed by atoms with Gasteiger partial charge in [-0.3, -0.25) is 4.98 Å². The maximum absolute atomic E-state index is 4.78. The lowest BCUT2D eigenvalue weighted by atomic mass is 9.96. The first-order valence-electron chi connectivity index (χ1n) is 9.71. The average Bonchev–Trinajstić information content (AvgIpc) is 2.74. The fourth-order valence-corrected chi connectivity index (χ4v) is 3.48. The second-order valence-corrected chi connectivity index (χ2v) is 7.02. The largest absolute Gasteiger partial charge is 0.366 e. The van der Waals surface area contributed by atoms with Crippen LogP contribution in [-0.4, -0.2) is 21.0 Å². The first-order chi connectivity index (χ1) is 13.4. The number of pyridine rings is 1. The summed E-state index contributed by atoms with van der Waals surface area (Å²) in [5, 5.41) is 6.97. The van der Waals surface area contributed by atoms with E-state index in [0.29, 0.717) is 18.5 Å². The molecule has 2 heterocycles. The molecule has 0 aliphatic heterocycles. The minimum Gasteiger partial charge on any atom is -0.366 e. The van der Waals surface area contributed by atoms with Crippen LogP contribution in [0.1, 0.15) is 37.7 Å². The summed E-state index contributed by atoms with van der Waals surface area (Å²) in [6, 6.07) is 16.7. The van der Waals surface area contributed by atoms with Crippen molar-refractivity contribution in [2.45, 2.75) is 44.7 Å². The summed E-state index contributed by atoms with van der Waals surface area (Å²) < 4.78 is 0. The Morgan fingerprint density at radius 1 is 0.926 bits per heavy atom. The molecule has 2 aromatic heterocycles. The summed E-state index contributed by atoms with van der Waals surface area (Å²) in [4.78, 5) is 13.7. The maximum atomic E-state index is 4.78. The number of rotatable bonds is 6. The fourth-order valence-electron chi connectivity index (χ4n) is 3.48. The molecule has 0 spiro atoms. The first-order valence-corrected chi connectivity index (χ1v) is 9.71. The third kappa shape index (κ3) is 4.82. The van der Waals surface area contributed by atoms with E-state index in [9.17, 15) is 0 Å². The second-order valence-electron chi connectivity index (χ2n) is 7.02. The molecule has 0 radical (unpaired) electrons. The predicted molar refractivity (Wildman–Crippen MR) is 110 cm³/mol. The van der Waals surface area contributed by atoms with Crippen molar-refractivity contribution in [1.29, 1.82) is 0 Å². The van der Waals surface area contributed by atoms with Crippen LogP contribution in [0.15, 0.2) is 60.9 Å². The molecule has 4 rings (SSSR count). The van der Waals surface area contributed by atoms with E-state index in [1.165, 1.54) is 32.1 Å². The molecule has 0 unspecified atom stereocenters. The summed E-state index contributed by atoms with van der Waals surface area (Å²) in [6.07, 6.45) is 9.93. The quantitative estimate of drug-likeness (QED) is 0.656. The van der Waals surface area contributed by atoms with Gasteiger partial charge in [-0.1, -0.05) is 55.7 Å². The van der Waals surface area contributed by atoms with E-state index < -0.39 is 0 Å². The number of anilines is 2.